The third kappa shape index (κ3) is 4.63. The van der Waals surface area contributed by atoms with Crippen LogP contribution in [0, 0.1) is 0 Å². The van der Waals surface area contributed by atoms with E-state index in [4.69, 9.17) is 16.3 Å². The fourth-order valence-corrected chi connectivity index (χ4v) is 2.68. The van der Waals surface area contributed by atoms with E-state index in [9.17, 15) is 10.2 Å². The number of aliphatic hydroxyl groups excluding tert-OH is 2. The van der Waals surface area contributed by atoms with E-state index >= 15 is 0 Å². The van der Waals surface area contributed by atoms with E-state index in [1.54, 1.807) is 24.3 Å². The molecule has 20 heavy (non-hydrogen) atoms. The second-order valence-corrected chi connectivity index (χ2v) is 5.68. The van der Waals surface area contributed by atoms with Gasteiger partial charge < -0.3 is 14.9 Å². The van der Waals surface area contributed by atoms with E-state index in [1.807, 2.05) is 0 Å². The number of hydrogen-bond donors (Lipinski definition) is 2. The van der Waals surface area contributed by atoms with Crippen LogP contribution in [0.2, 0.25) is 5.02 Å². The van der Waals surface area contributed by atoms with Crippen molar-refractivity contribution in [3.8, 4) is 5.75 Å². The van der Waals surface area contributed by atoms with Crippen molar-refractivity contribution in [3.63, 3.8) is 0 Å². The van der Waals surface area contributed by atoms with Crippen LogP contribution in [0.4, 0.5) is 0 Å². The summed E-state index contributed by atoms with van der Waals surface area (Å²) >= 11 is 5.80. The lowest BCUT2D eigenvalue weighted by Crippen LogP contribution is -2.46. The number of ether oxygens (including phenoxy) is 1. The van der Waals surface area contributed by atoms with Gasteiger partial charge in [0, 0.05) is 17.6 Å². The van der Waals surface area contributed by atoms with Crippen LogP contribution in [0.1, 0.15) is 19.3 Å². The molecule has 2 atom stereocenters. The summed E-state index contributed by atoms with van der Waals surface area (Å²) in [5.41, 5.74) is 0. The van der Waals surface area contributed by atoms with Crippen molar-refractivity contribution in [2.45, 2.75) is 31.4 Å². The number of halogens is 1. The fraction of sp³-hybridized carbons (Fsp3) is 0.600. The smallest absolute Gasteiger partial charge is 0.119 e. The van der Waals surface area contributed by atoms with Crippen molar-refractivity contribution in [2.75, 3.05) is 26.3 Å². The van der Waals surface area contributed by atoms with Gasteiger partial charge in [0.2, 0.25) is 0 Å². The molecule has 0 aromatic heterocycles. The zero-order valence-electron chi connectivity index (χ0n) is 11.5. The van der Waals surface area contributed by atoms with E-state index in [1.165, 1.54) is 0 Å². The van der Waals surface area contributed by atoms with Crippen LogP contribution in [0.25, 0.3) is 0 Å². The van der Waals surface area contributed by atoms with E-state index in [2.05, 4.69) is 4.90 Å². The van der Waals surface area contributed by atoms with Gasteiger partial charge in [-0.25, -0.2) is 0 Å². The number of piperidine rings is 1. The summed E-state index contributed by atoms with van der Waals surface area (Å²) in [6, 6.07) is 7.26. The van der Waals surface area contributed by atoms with Crippen LogP contribution in [-0.2, 0) is 0 Å². The number of β-amino-alcohol motifs (C(OH)–C–C–N with tert-alkyl or cyclic N) is 1. The summed E-state index contributed by atoms with van der Waals surface area (Å²) in [5.74, 6) is 0.700. The zero-order chi connectivity index (χ0) is 14.4. The topological polar surface area (TPSA) is 52.9 Å². The zero-order valence-corrected chi connectivity index (χ0v) is 12.3. The molecule has 2 unspecified atom stereocenters. The minimum atomic E-state index is -0.558. The Morgan fingerprint density at radius 1 is 1.30 bits per heavy atom. The van der Waals surface area contributed by atoms with Crippen molar-refractivity contribution >= 4 is 11.6 Å². The molecule has 2 rings (SSSR count). The molecule has 0 saturated carbocycles. The van der Waals surface area contributed by atoms with Crippen LogP contribution < -0.4 is 4.74 Å². The van der Waals surface area contributed by atoms with Gasteiger partial charge in [-0.15, -0.1) is 0 Å². The van der Waals surface area contributed by atoms with Gasteiger partial charge in [-0.05, 0) is 43.7 Å². The van der Waals surface area contributed by atoms with Gasteiger partial charge in [0.05, 0.1) is 6.61 Å². The molecule has 0 radical (unpaired) electrons. The summed E-state index contributed by atoms with van der Waals surface area (Å²) in [5, 5.41) is 20.1. The minimum Gasteiger partial charge on any atom is -0.491 e. The van der Waals surface area contributed by atoms with Gasteiger partial charge in [-0.2, -0.15) is 0 Å². The first-order valence-electron chi connectivity index (χ1n) is 7.10. The Labute approximate surface area is 124 Å². The summed E-state index contributed by atoms with van der Waals surface area (Å²) < 4.78 is 5.54. The molecule has 0 bridgehead atoms. The highest BCUT2D eigenvalue weighted by molar-refractivity contribution is 6.30. The maximum absolute atomic E-state index is 10.1. The maximum atomic E-state index is 10.1. The normalized spacial score (nSPS) is 21.6. The average molecular weight is 300 g/mol. The Bertz CT molecular complexity index is 399. The molecule has 1 aliphatic rings. The first-order valence-corrected chi connectivity index (χ1v) is 7.48. The number of nitrogens with zero attached hydrogens (tertiary/aromatic N) is 1. The van der Waals surface area contributed by atoms with Crippen LogP contribution in [-0.4, -0.2) is 53.6 Å². The van der Waals surface area contributed by atoms with Gasteiger partial charge >= 0.3 is 0 Å². The predicted octanol–water partition coefficient (Wildman–Crippen LogP) is 1.93. The highest BCUT2D eigenvalue weighted by Gasteiger charge is 2.23. The van der Waals surface area contributed by atoms with Crippen molar-refractivity contribution in [1.82, 2.24) is 4.90 Å². The molecule has 0 aliphatic carbocycles. The molecule has 1 aliphatic heterocycles. The summed E-state index contributed by atoms with van der Waals surface area (Å²) in [6.45, 7) is 1.88. The van der Waals surface area contributed by atoms with Crippen LogP contribution in [0.15, 0.2) is 24.3 Å². The number of likely N-dealkylation sites (tertiary alicyclic amines) is 1. The van der Waals surface area contributed by atoms with E-state index < -0.39 is 6.10 Å². The molecular weight excluding hydrogens is 278 g/mol. The first-order chi connectivity index (χ1) is 9.69. The molecular formula is C15H22ClNO3. The van der Waals surface area contributed by atoms with Crippen LogP contribution >= 0.6 is 11.6 Å². The van der Waals surface area contributed by atoms with E-state index in [-0.39, 0.29) is 19.3 Å². The van der Waals surface area contributed by atoms with Gasteiger partial charge in [-0.3, -0.25) is 4.90 Å². The molecule has 112 valence electrons. The molecule has 1 heterocycles. The quantitative estimate of drug-likeness (QED) is 0.843. The Morgan fingerprint density at radius 2 is 2.05 bits per heavy atom. The molecule has 1 saturated heterocycles. The van der Waals surface area contributed by atoms with Gasteiger partial charge in [-0.1, -0.05) is 18.0 Å². The van der Waals surface area contributed by atoms with E-state index in [0.29, 0.717) is 17.3 Å². The number of rotatable bonds is 6. The minimum absolute atomic E-state index is 0.158. The second-order valence-electron chi connectivity index (χ2n) is 5.25. The molecule has 2 N–H and O–H groups in total. The highest BCUT2D eigenvalue weighted by atomic mass is 35.5. The lowest BCUT2D eigenvalue weighted by Gasteiger charge is -2.35. The summed E-state index contributed by atoms with van der Waals surface area (Å²) in [6.07, 6.45) is 2.72. The SMILES string of the molecule is OCC1CCCCN1CC(O)COc1ccc(Cl)cc1. The molecule has 4 nitrogen and oxygen atoms in total. The number of aliphatic hydroxyl groups is 2. The molecule has 0 amide bonds. The maximum Gasteiger partial charge on any atom is 0.119 e. The lowest BCUT2D eigenvalue weighted by atomic mass is 10.0. The average Bonchev–Trinajstić information content (AvgIpc) is 2.47. The van der Waals surface area contributed by atoms with Gasteiger partial charge in [0.1, 0.15) is 18.5 Å². The Morgan fingerprint density at radius 3 is 2.75 bits per heavy atom. The van der Waals surface area contributed by atoms with Crippen LogP contribution in [0.3, 0.4) is 0 Å². The highest BCUT2D eigenvalue weighted by Crippen LogP contribution is 2.18. The Kier molecular flexibility index (Phi) is 6.10. The number of benzene rings is 1. The molecule has 0 spiro atoms. The van der Waals surface area contributed by atoms with Crippen LogP contribution in [0.5, 0.6) is 5.75 Å². The van der Waals surface area contributed by atoms with Crippen molar-refractivity contribution in [1.29, 1.82) is 0 Å². The van der Waals surface area contributed by atoms with Crippen molar-refractivity contribution < 1.29 is 14.9 Å². The van der Waals surface area contributed by atoms with Gasteiger partial charge in [0.15, 0.2) is 0 Å². The van der Waals surface area contributed by atoms with Crippen molar-refractivity contribution in [3.05, 3.63) is 29.3 Å². The summed E-state index contributed by atoms with van der Waals surface area (Å²) in [7, 11) is 0. The first kappa shape index (κ1) is 15.6. The lowest BCUT2D eigenvalue weighted by molar-refractivity contribution is 0.0232. The monoisotopic (exact) mass is 299 g/mol. The second kappa shape index (κ2) is 7.84. The number of hydrogen-bond acceptors (Lipinski definition) is 4. The van der Waals surface area contributed by atoms with E-state index in [0.717, 1.165) is 25.8 Å². The van der Waals surface area contributed by atoms with Gasteiger partial charge in [0.25, 0.3) is 0 Å². The third-order valence-electron chi connectivity index (χ3n) is 3.66. The van der Waals surface area contributed by atoms with Crippen molar-refractivity contribution in [2.24, 2.45) is 0 Å². The Hall–Kier alpha value is -0.810. The molecule has 1 aromatic rings. The summed E-state index contributed by atoms with van der Waals surface area (Å²) in [4.78, 5) is 2.15. The molecule has 1 aromatic carbocycles. The fourth-order valence-electron chi connectivity index (χ4n) is 2.55. The molecule has 5 heteroatoms. The largest absolute Gasteiger partial charge is 0.491 e. The third-order valence-corrected chi connectivity index (χ3v) is 3.91. The predicted molar refractivity (Wildman–Crippen MR) is 79.3 cm³/mol. The standard InChI is InChI=1S/C15H22ClNO3/c16-12-4-6-15(7-5-12)20-11-14(19)9-17-8-2-1-3-13(17)10-18/h4-7,13-14,18-19H,1-3,8-11H2. The Balaban J connectivity index is 1.76. The molecule has 1 fully saturated rings.